The minimum atomic E-state index is -0.159. The van der Waals surface area contributed by atoms with Crippen molar-refractivity contribution in [1.82, 2.24) is 0 Å². The number of carbonyl (C=O) groups is 2. The van der Waals surface area contributed by atoms with Crippen LogP contribution >= 0.6 is 9.12 Å². The van der Waals surface area contributed by atoms with E-state index in [-0.39, 0.29) is 11.7 Å². The molecular formula is C20H35BO3P. The maximum atomic E-state index is 10.3. The first-order valence-electron chi connectivity index (χ1n) is 9.17. The highest BCUT2D eigenvalue weighted by molar-refractivity contribution is 7.49. The summed E-state index contributed by atoms with van der Waals surface area (Å²) in [5.74, 6) is 0. The van der Waals surface area contributed by atoms with E-state index in [0.29, 0.717) is 0 Å². The number of carbonyl (C=O) groups excluding carboxylic acids is 2. The zero-order chi connectivity index (χ0) is 20.6. The van der Waals surface area contributed by atoms with Gasteiger partial charge in [-0.05, 0) is 74.6 Å². The Kier molecular flexibility index (Phi) is 14.7. The van der Waals surface area contributed by atoms with Gasteiger partial charge < -0.3 is 9.53 Å². The Morgan fingerprint density at radius 3 is 2.08 bits per heavy atom. The second kappa shape index (κ2) is 15.3. The lowest BCUT2D eigenvalue weighted by Crippen LogP contribution is -2.09. The van der Waals surface area contributed by atoms with Gasteiger partial charge in [-0.1, -0.05) is 28.9 Å². The van der Waals surface area contributed by atoms with Crippen molar-refractivity contribution in [2.45, 2.75) is 78.9 Å². The van der Waals surface area contributed by atoms with Crippen molar-refractivity contribution < 1.29 is 14.3 Å². The topological polar surface area (TPSA) is 46.7 Å². The van der Waals surface area contributed by atoms with Crippen molar-refractivity contribution in [2.24, 2.45) is 0 Å². The molecule has 0 aliphatic carbocycles. The molecule has 141 valence electrons. The summed E-state index contributed by atoms with van der Waals surface area (Å²) >= 11 is 0. The van der Waals surface area contributed by atoms with Crippen molar-refractivity contribution in [3.8, 4) is 0 Å². The van der Waals surface area contributed by atoms with Crippen molar-refractivity contribution in [3.63, 3.8) is 0 Å². The van der Waals surface area contributed by atoms with Crippen molar-refractivity contribution >= 4 is 29.2 Å². The molecule has 1 fully saturated rings. The number of ether oxygens (including phenoxy) is 1. The maximum absolute atomic E-state index is 10.3. The number of rotatable bonds is 8. The van der Waals surface area contributed by atoms with Gasteiger partial charge in [0.15, 0.2) is 6.29 Å². The van der Waals surface area contributed by atoms with Gasteiger partial charge in [-0.3, -0.25) is 4.79 Å². The summed E-state index contributed by atoms with van der Waals surface area (Å²) in [6, 6.07) is 0. The smallest absolute Gasteiger partial charge is 0.151 e. The summed E-state index contributed by atoms with van der Waals surface area (Å²) in [5, 5.41) is 0. The van der Waals surface area contributed by atoms with E-state index in [0.717, 1.165) is 43.8 Å². The fraction of sp³-hybridized carbons (Fsp3) is 0.600. The zero-order valence-electron chi connectivity index (χ0n) is 17.7. The van der Waals surface area contributed by atoms with Gasteiger partial charge in [0.25, 0.3) is 0 Å². The molecule has 5 heteroatoms. The second-order valence-corrected chi connectivity index (χ2v) is 6.78. The van der Waals surface area contributed by atoms with Crippen molar-refractivity contribution in [2.75, 3.05) is 0 Å². The third kappa shape index (κ3) is 15.0. The van der Waals surface area contributed by atoms with Gasteiger partial charge in [-0.25, -0.2) is 0 Å². The summed E-state index contributed by atoms with van der Waals surface area (Å²) in [7, 11) is 3.29. The lowest BCUT2D eigenvalue weighted by molar-refractivity contribution is -0.109. The lowest BCUT2D eigenvalue weighted by atomic mass is 10.0. The fourth-order valence-corrected chi connectivity index (χ4v) is 2.06. The molecule has 3 unspecified atom stereocenters. The van der Waals surface area contributed by atoms with E-state index in [4.69, 9.17) is 6.07 Å². The number of aldehydes is 2. The van der Waals surface area contributed by atoms with E-state index in [9.17, 15) is 9.59 Å². The number of allylic oxidation sites excluding steroid dienone is 6. The van der Waals surface area contributed by atoms with Crippen molar-refractivity contribution in [1.29, 1.82) is 1.34 Å². The molecule has 0 bridgehead atoms. The number of epoxide rings is 1. The van der Waals surface area contributed by atoms with Crippen LogP contribution in [0.1, 0.15) is 67.2 Å². The number of hydrogen-bond acceptors (Lipinski definition) is 3. The summed E-state index contributed by atoms with van der Waals surface area (Å²) in [5.41, 5.74) is 3.65. The zero-order valence-corrected chi connectivity index (χ0v) is 17.8. The van der Waals surface area contributed by atoms with E-state index in [1.165, 1.54) is 18.7 Å². The molecular weight excluding hydrogens is 330 g/mol. The van der Waals surface area contributed by atoms with E-state index in [2.05, 4.69) is 49.0 Å². The van der Waals surface area contributed by atoms with Crippen LogP contribution in [0.25, 0.3) is 0 Å². The molecule has 0 aromatic carbocycles. The van der Waals surface area contributed by atoms with E-state index in [1.807, 2.05) is 13.8 Å². The maximum Gasteiger partial charge on any atom is 0.151 e. The van der Waals surface area contributed by atoms with E-state index >= 15 is 0 Å². The van der Waals surface area contributed by atoms with E-state index in [1.54, 1.807) is 6.08 Å². The molecule has 0 saturated carbocycles. The summed E-state index contributed by atoms with van der Waals surface area (Å²) in [4.78, 5) is 20.4. The molecule has 1 rings (SSSR count). The minimum absolute atomic E-state index is 0.150. The molecule has 1 saturated heterocycles. The summed E-state index contributed by atoms with van der Waals surface area (Å²) < 4.78 is 11.3. The normalized spacial score (nSPS) is 21.2. The molecule has 0 aromatic heterocycles. The monoisotopic (exact) mass is 367 g/mol. The van der Waals surface area contributed by atoms with Crippen LogP contribution in [0, 0.1) is 0 Å². The van der Waals surface area contributed by atoms with Gasteiger partial charge in [0.05, 0.1) is 5.60 Å². The largest absolute Gasteiger partial charge is 0.358 e. The molecule has 1 aliphatic heterocycles. The molecule has 0 amide bonds. The third-order valence-electron chi connectivity index (χ3n) is 3.70. The summed E-state index contributed by atoms with van der Waals surface area (Å²) in [6.45, 7) is 12.3. The van der Waals surface area contributed by atoms with Crippen LogP contribution in [0.5, 0.6) is 0 Å². The molecule has 3 atom stereocenters. The predicted octanol–water partition coefficient (Wildman–Crippen LogP) is 4.64. The highest BCUT2D eigenvalue weighted by atomic mass is 31.0. The standard InChI is InChI=1S/C10H16O2.C10H16O.BH3P/c1-8(2)5-4-6-10(3)9(7-11)12-10;1-9(2)5-4-6-10(3)7-8-11;1-2/h5,7,9H,4,6H2,1-3H3;5,7-8H,4,6H2,1-3H3;1H,2H2/b;10-7+;/i;;1T. The Hall–Kier alpha value is -0.985. The predicted molar refractivity (Wildman–Crippen MR) is 113 cm³/mol. The van der Waals surface area contributed by atoms with Crippen LogP contribution in [0.15, 0.2) is 34.9 Å². The SMILES string of the molecule is CC(C)=CCC/C(C)=C/C=O.CC(C)=CCCC1(C)OC1C=O.[3H][B]P. The molecule has 0 spiro atoms. The van der Waals surface area contributed by atoms with Gasteiger partial charge >= 0.3 is 0 Å². The Balaban J connectivity index is 0. The molecule has 25 heavy (non-hydrogen) atoms. The average molecular weight is 367 g/mol. The summed E-state index contributed by atoms with van der Waals surface area (Å²) in [6.07, 6.45) is 11.5. The molecule has 1 aliphatic rings. The van der Waals surface area contributed by atoms with Crippen LogP contribution in [-0.4, -0.2) is 33.1 Å². The van der Waals surface area contributed by atoms with Crippen LogP contribution in [0.3, 0.4) is 0 Å². The Labute approximate surface area is 159 Å². The van der Waals surface area contributed by atoms with Gasteiger partial charge in [-0.15, -0.1) is 0 Å². The Morgan fingerprint density at radius 1 is 1.16 bits per heavy atom. The average Bonchev–Trinajstić information content (AvgIpc) is 3.19. The van der Waals surface area contributed by atoms with Crippen LogP contribution in [0.2, 0.25) is 0 Å². The minimum Gasteiger partial charge on any atom is -0.358 e. The van der Waals surface area contributed by atoms with Crippen molar-refractivity contribution in [3.05, 3.63) is 34.9 Å². The highest BCUT2D eigenvalue weighted by Gasteiger charge is 2.51. The number of hydrogen-bond donors (Lipinski definition) is 0. The van der Waals surface area contributed by atoms with E-state index < -0.39 is 0 Å². The second-order valence-electron chi connectivity index (χ2n) is 6.78. The lowest BCUT2D eigenvalue weighted by Gasteiger charge is -2.01. The van der Waals surface area contributed by atoms with Gasteiger partial charge in [-0.2, -0.15) is 9.12 Å². The first-order chi connectivity index (χ1) is 12.2. The van der Waals surface area contributed by atoms with Crippen LogP contribution < -0.4 is 0 Å². The Morgan fingerprint density at radius 2 is 1.68 bits per heavy atom. The van der Waals surface area contributed by atoms with Gasteiger partial charge in [0.2, 0.25) is 0 Å². The van der Waals surface area contributed by atoms with Crippen LogP contribution in [-0.2, 0) is 14.3 Å². The molecule has 1 heterocycles. The first kappa shape index (κ1) is 24.0. The third-order valence-corrected chi connectivity index (χ3v) is 3.70. The first-order valence-corrected chi connectivity index (χ1v) is 9.26. The Bertz CT molecular complexity index is 495. The molecule has 0 N–H and O–H groups in total. The highest BCUT2D eigenvalue weighted by Crippen LogP contribution is 2.38. The molecule has 3 nitrogen and oxygen atoms in total. The molecule has 1 radical (unpaired) electrons. The quantitative estimate of drug-likeness (QED) is 0.157. The van der Waals surface area contributed by atoms with Gasteiger partial charge in [0.1, 0.15) is 19.9 Å². The molecule has 0 aromatic rings. The van der Waals surface area contributed by atoms with Gasteiger partial charge in [0, 0.05) is 0 Å². The fourth-order valence-electron chi connectivity index (χ4n) is 2.06. The van der Waals surface area contributed by atoms with Crippen LogP contribution in [0.4, 0.5) is 0 Å².